The van der Waals surface area contributed by atoms with Crippen LogP contribution >= 0.6 is 0 Å². The zero-order valence-electron chi connectivity index (χ0n) is 11.4. The molecular weight excluding hydrogens is 282 g/mol. The lowest BCUT2D eigenvalue weighted by Crippen LogP contribution is -2.24. The van der Waals surface area contributed by atoms with Crippen molar-refractivity contribution in [2.45, 2.75) is 19.8 Å². The molecule has 1 N–H and O–H groups in total. The Morgan fingerprint density at radius 2 is 2.15 bits per heavy atom. The first kappa shape index (κ1) is 14.7. The number of aryl methyl sites for hydroxylation is 1. The number of pyridine rings is 1. The Hall–Kier alpha value is -1.70. The maximum Gasteiger partial charge on any atom is 0.314 e. The van der Waals surface area contributed by atoms with Gasteiger partial charge in [0.25, 0.3) is 0 Å². The lowest BCUT2D eigenvalue weighted by molar-refractivity contribution is -0.384. The number of nitro groups is 1. The molecule has 1 aliphatic carbocycles. The number of nitrogens with zero attached hydrogens (tertiary/aromatic N) is 2. The van der Waals surface area contributed by atoms with E-state index in [1.165, 1.54) is 12.5 Å². The minimum absolute atomic E-state index is 0.0531. The summed E-state index contributed by atoms with van der Waals surface area (Å²) in [6.45, 7) is 2.03. The Kier molecular flexibility index (Phi) is 3.68. The van der Waals surface area contributed by atoms with Crippen molar-refractivity contribution in [2.24, 2.45) is 5.41 Å². The number of anilines is 1. The predicted molar refractivity (Wildman–Crippen MR) is 75.5 cm³/mol. The van der Waals surface area contributed by atoms with E-state index in [2.05, 4.69) is 10.3 Å². The second-order valence-electron chi connectivity index (χ2n) is 5.51. The minimum atomic E-state index is -3.05. The Labute approximate surface area is 117 Å². The molecule has 1 aromatic rings. The van der Waals surface area contributed by atoms with Crippen LogP contribution in [0, 0.1) is 22.5 Å². The van der Waals surface area contributed by atoms with Gasteiger partial charge in [-0.3, -0.25) is 10.1 Å². The molecule has 1 aromatic heterocycles. The molecule has 1 fully saturated rings. The summed E-state index contributed by atoms with van der Waals surface area (Å²) < 4.78 is 22.8. The smallest absolute Gasteiger partial charge is 0.314 e. The quantitative estimate of drug-likeness (QED) is 0.631. The van der Waals surface area contributed by atoms with Crippen LogP contribution in [0.5, 0.6) is 0 Å². The van der Waals surface area contributed by atoms with Crippen LogP contribution in [-0.2, 0) is 9.84 Å². The molecule has 0 radical (unpaired) electrons. The number of sulfone groups is 1. The molecule has 0 amide bonds. The van der Waals surface area contributed by atoms with Crippen molar-refractivity contribution < 1.29 is 13.3 Å². The number of rotatable bonds is 6. The van der Waals surface area contributed by atoms with E-state index in [4.69, 9.17) is 0 Å². The van der Waals surface area contributed by atoms with Crippen molar-refractivity contribution in [3.63, 3.8) is 0 Å². The highest BCUT2D eigenvalue weighted by molar-refractivity contribution is 7.90. The van der Waals surface area contributed by atoms with Gasteiger partial charge in [-0.2, -0.15) is 0 Å². The zero-order valence-corrected chi connectivity index (χ0v) is 12.2. The van der Waals surface area contributed by atoms with Gasteiger partial charge in [-0.1, -0.05) is 0 Å². The van der Waals surface area contributed by atoms with E-state index in [9.17, 15) is 18.5 Å². The Balaban J connectivity index is 2.13. The van der Waals surface area contributed by atoms with Gasteiger partial charge < -0.3 is 5.32 Å². The van der Waals surface area contributed by atoms with Crippen molar-refractivity contribution in [3.05, 3.63) is 27.9 Å². The molecule has 8 heteroatoms. The van der Waals surface area contributed by atoms with Crippen molar-refractivity contribution >= 4 is 21.3 Å². The molecule has 0 spiro atoms. The van der Waals surface area contributed by atoms with Gasteiger partial charge in [0.15, 0.2) is 0 Å². The fourth-order valence-corrected chi connectivity index (χ4v) is 3.79. The summed E-state index contributed by atoms with van der Waals surface area (Å²) in [6, 6.07) is 1.58. The molecule has 1 heterocycles. The SMILES string of the molecule is Cc1ccnc(NCC2(CS(C)(=O)=O)CC2)c1[N+](=O)[O-]. The highest BCUT2D eigenvalue weighted by Gasteiger charge is 2.45. The predicted octanol–water partition coefficient (Wildman–Crippen LogP) is 1.53. The van der Waals surface area contributed by atoms with Crippen LogP contribution in [0.15, 0.2) is 12.3 Å². The molecule has 0 aromatic carbocycles. The first-order valence-corrected chi connectivity index (χ1v) is 8.30. The van der Waals surface area contributed by atoms with E-state index in [1.54, 1.807) is 13.0 Å². The third-order valence-corrected chi connectivity index (χ3v) is 4.60. The summed E-state index contributed by atoms with van der Waals surface area (Å²) in [5, 5.41) is 14.0. The summed E-state index contributed by atoms with van der Waals surface area (Å²) in [5.74, 6) is 0.307. The summed E-state index contributed by atoms with van der Waals surface area (Å²) in [7, 11) is -3.05. The maximum absolute atomic E-state index is 11.4. The summed E-state index contributed by atoms with van der Waals surface area (Å²) in [6.07, 6.45) is 4.33. The van der Waals surface area contributed by atoms with Crippen LogP contribution in [-0.4, -0.2) is 36.9 Å². The van der Waals surface area contributed by atoms with Gasteiger partial charge in [0, 0.05) is 30.0 Å². The lowest BCUT2D eigenvalue weighted by Gasteiger charge is -2.15. The van der Waals surface area contributed by atoms with Gasteiger partial charge in [-0.05, 0) is 25.8 Å². The summed E-state index contributed by atoms with van der Waals surface area (Å²) >= 11 is 0. The summed E-state index contributed by atoms with van der Waals surface area (Å²) in [4.78, 5) is 14.6. The molecule has 1 saturated carbocycles. The van der Waals surface area contributed by atoms with E-state index in [-0.39, 0.29) is 22.7 Å². The van der Waals surface area contributed by atoms with Crippen LogP contribution in [0.3, 0.4) is 0 Å². The van der Waals surface area contributed by atoms with Crippen molar-refractivity contribution in [1.82, 2.24) is 4.98 Å². The Morgan fingerprint density at radius 3 is 2.65 bits per heavy atom. The molecule has 110 valence electrons. The van der Waals surface area contributed by atoms with E-state index in [0.717, 1.165) is 12.8 Å². The monoisotopic (exact) mass is 299 g/mol. The first-order valence-electron chi connectivity index (χ1n) is 6.24. The lowest BCUT2D eigenvalue weighted by atomic mass is 10.1. The third-order valence-electron chi connectivity index (χ3n) is 3.46. The second kappa shape index (κ2) is 5.01. The number of hydrogen-bond donors (Lipinski definition) is 1. The van der Waals surface area contributed by atoms with Crippen LogP contribution in [0.25, 0.3) is 0 Å². The van der Waals surface area contributed by atoms with E-state index in [1.807, 2.05) is 0 Å². The Bertz CT molecular complexity index is 638. The average molecular weight is 299 g/mol. The molecule has 1 aliphatic rings. The topological polar surface area (TPSA) is 102 Å². The Morgan fingerprint density at radius 1 is 1.50 bits per heavy atom. The van der Waals surface area contributed by atoms with Gasteiger partial charge in [-0.25, -0.2) is 13.4 Å². The molecule has 0 saturated heterocycles. The average Bonchev–Trinajstić information content (AvgIpc) is 3.03. The molecule has 20 heavy (non-hydrogen) atoms. The first-order chi connectivity index (χ1) is 9.22. The van der Waals surface area contributed by atoms with Gasteiger partial charge in [0.2, 0.25) is 5.82 Å². The largest absolute Gasteiger partial charge is 0.364 e. The fraction of sp³-hybridized carbons (Fsp3) is 0.583. The van der Waals surface area contributed by atoms with Crippen molar-refractivity contribution in [2.75, 3.05) is 23.9 Å². The number of nitrogens with one attached hydrogen (secondary N) is 1. The fourth-order valence-electron chi connectivity index (χ4n) is 2.29. The number of aromatic nitrogens is 1. The molecular formula is C12H17N3O4S. The van der Waals surface area contributed by atoms with Crippen LogP contribution in [0.1, 0.15) is 18.4 Å². The highest BCUT2D eigenvalue weighted by Crippen LogP contribution is 2.46. The van der Waals surface area contributed by atoms with Crippen LogP contribution in [0.4, 0.5) is 11.5 Å². The van der Waals surface area contributed by atoms with Crippen molar-refractivity contribution in [1.29, 1.82) is 0 Å². The highest BCUT2D eigenvalue weighted by atomic mass is 32.2. The van der Waals surface area contributed by atoms with E-state index >= 15 is 0 Å². The van der Waals surface area contributed by atoms with E-state index < -0.39 is 14.8 Å². The molecule has 0 atom stereocenters. The summed E-state index contributed by atoms with van der Waals surface area (Å²) in [5.41, 5.74) is 0.176. The van der Waals surface area contributed by atoms with Crippen LogP contribution in [0.2, 0.25) is 0 Å². The zero-order chi connectivity index (χ0) is 15.0. The number of hydrogen-bond acceptors (Lipinski definition) is 6. The normalized spacial score (nSPS) is 16.7. The van der Waals surface area contributed by atoms with Gasteiger partial charge in [0.1, 0.15) is 9.84 Å². The minimum Gasteiger partial charge on any atom is -0.364 e. The second-order valence-corrected chi connectivity index (χ2v) is 7.65. The molecule has 0 bridgehead atoms. The maximum atomic E-state index is 11.4. The van der Waals surface area contributed by atoms with Gasteiger partial charge >= 0.3 is 5.69 Å². The standard InChI is InChI=1S/C12H17N3O4S/c1-9-3-6-13-11(10(9)15(16)17)14-7-12(4-5-12)8-20(2,18)19/h3,6H,4-5,7-8H2,1-2H3,(H,13,14). The molecule has 0 unspecified atom stereocenters. The van der Waals surface area contributed by atoms with Gasteiger partial charge in [-0.15, -0.1) is 0 Å². The van der Waals surface area contributed by atoms with Gasteiger partial charge in [0.05, 0.1) is 10.7 Å². The molecule has 0 aliphatic heterocycles. The van der Waals surface area contributed by atoms with E-state index in [0.29, 0.717) is 12.1 Å². The molecule has 7 nitrogen and oxygen atoms in total. The van der Waals surface area contributed by atoms with Crippen molar-refractivity contribution in [3.8, 4) is 0 Å². The third kappa shape index (κ3) is 3.44. The van der Waals surface area contributed by atoms with Crippen LogP contribution < -0.4 is 5.32 Å². The molecule has 2 rings (SSSR count).